The highest BCUT2D eigenvalue weighted by atomic mass is 32.2. The van der Waals surface area contributed by atoms with Gasteiger partial charge >= 0.3 is 0 Å². The van der Waals surface area contributed by atoms with Crippen LogP contribution in [0.3, 0.4) is 0 Å². The van der Waals surface area contributed by atoms with Gasteiger partial charge in [-0.15, -0.1) is 0 Å². The molecular weight excluding hydrogens is 372 g/mol. The Morgan fingerprint density at radius 2 is 1.96 bits per heavy atom. The van der Waals surface area contributed by atoms with Crippen molar-refractivity contribution in [2.45, 2.75) is 22.8 Å². The van der Waals surface area contributed by atoms with E-state index in [0.717, 1.165) is 11.3 Å². The van der Waals surface area contributed by atoms with Gasteiger partial charge in [0.15, 0.2) is 5.58 Å². The number of para-hydroxylation sites is 1. The van der Waals surface area contributed by atoms with E-state index in [0.29, 0.717) is 28.7 Å². The van der Waals surface area contributed by atoms with E-state index in [9.17, 15) is 8.42 Å². The van der Waals surface area contributed by atoms with Crippen LogP contribution in [0.25, 0.3) is 11.1 Å². The molecule has 0 atom stereocenters. The number of benzene rings is 2. The first-order valence-electron chi connectivity index (χ1n) is 8.08. The summed E-state index contributed by atoms with van der Waals surface area (Å²) in [6, 6.07) is 12.5. The highest BCUT2D eigenvalue weighted by molar-refractivity contribution is 7.98. The molecule has 6 nitrogen and oxygen atoms in total. The van der Waals surface area contributed by atoms with Crippen molar-refractivity contribution in [3.63, 3.8) is 0 Å². The first kappa shape index (κ1) is 18.8. The number of nitrogens with zero attached hydrogens (tertiary/aromatic N) is 2. The number of thioether (sulfide) groups is 1. The molecule has 2 aromatic carbocycles. The molecule has 0 radical (unpaired) electrons. The number of fused-ring (bicyclic) bond motifs is 1. The van der Waals surface area contributed by atoms with Gasteiger partial charge in [-0.1, -0.05) is 30.0 Å². The Kier molecular flexibility index (Phi) is 5.55. The van der Waals surface area contributed by atoms with Crippen LogP contribution in [0, 0.1) is 0 Å². The molecule has 0 aliphatic rings. The molecule has 1 heterocycles. The Balaban J connectivity index is 1.82. The molecule has 0 amide bonds. The van der Waals surface area contributed by atoms with E-state index in [1.165, 1.54) is 42.3 Å². The second-order valence-corrected chi connectivity index (χ2v) is 8.80. The number of oxazole rings is 1. The summed E-state index contributed by atoms with van der Waals surface area (Å²) in [6.45, 7) is 2.55. The van der Waals surface area contributed by atoms with Gasteiger partial charge in [-0.2, -0.15) is 0 Å². The molecule has 0 unspecified atom stereocenters. The van der Waals surface area contributed by atoms with Crippen molar-refractivity contribution in [3.8, 4) is 5.75 Å². The molecule has 0 saturated heterocycles. The van der Waals surface area contributed by atoms with Crippen molar-refractivity contribution in [1.29, 1.82) is 0 Å². The lowest BCUT2D eigenvalue weighted by molar-refractivity contribution is 0.337. The minimum atomic E-state index is -3.50. The van der Waals surface area contributed by atoms with Crippen LogP contribution in [0.1, 0.15) is 12.5 Å². The third kappa shape index (κ3) is 3.87. The van der Waals surface area contributed by atoms with Gasteiger partial charge in [0.05, 0.1) is 11.5 Å². The topological polar surface area (TPSA) is 72.6 Å². The van der Waals surface area contributed by atoms with E-state index in [2.05, 4.69) is 4.98 Å². The van der Waals surface area contributed by atoms with Gasteiger partial charge in [0.2, 0.25) is 10.0 Å². The Labute approximate surface area is 157 Å². The summed E-state index contributed by atoms with van der Waals surface area (Å²) in [5, 5.41) is 0.491. The zero-order chi connectivity index (χ0) is 18.7. The summed E-state index contributed by atoms with van der Waals surface area (Å²) >= 11 is 1.44. The molecular formula is C18H20N2O4S2. The summed E-state index contributed by atoms with van der Waals surface area (Å²) in [5.74, 6) is 1.49. The summed E-state index contributed by atoms with van der Waals surface area (Å²) < 4.78 is 37.0. The van der Waals surface area contributed by atoms with Crippen LogP contribution in [-0.4, -0.2) is 38.4 Å². The quantitative estimate of drug-likeness (QED) is 0.570. The minimum Gasteiger partial charge on any atom is -0.494 e. The van der Waals surface area contributed by atoms with E-state index in [-0.39, 0.29) is 4.90 Å². The lowest BCUT2D eigenvalue weighted by atomic mass is 10.2. The highest BCUT2D eigenvalue weighted by Gasteiger charge is 2.19. The molecule has 1 aromatic heterocycles. The maximum Gasteiger partial charge on any atom is 0.257 e. The van der Waals surface area contributed by atoms with Gasteiger partial charge in [0.1, 0.15) is 11.3 Å². The van der Waals surface area contributed by atoms with Crippen LogP contribution in [0.2, 0.25) is 0 Å². The molecule has 0 aliphatic carbocycles. The van der Waals surface area contributed by atoms with E-state index in [4.69, 9.17) is 9.15 Å². The Hall–Kier alpha value is -2.03. The van der Waals surface area contributed by atoms with Gasteiger partial charge in [0, 0.05) is 25.4 Å². The zero-order valence-electron chi connectivity index (χ0n) is 14.8. The summed E-state index contributed by atoms with van der Waals surface area (Å²) in [7, 11) is -0.499. The molecule has 0 aliphatic heterocycles. The van der Waals surface area contributed by atoms with Crippen LogP contribution >= 0.6 is 11.8 Å². The monoisotopic (exact) mass is 392 g/mol. The van der Waals surface area contributed by atoms with Gasteiger partial charge in [-0.25, -0.2) is 17.7 Å². The Morgan fingerprint density at radius 1 is 1.19 bits per heavy atom. The zero-order valence-corrected chi connectivity index (χ0v) is 16.4. The van der Waals surface area contributed by atoms with E-state index in [1.807, 2.05) is 31.2 Å². The number of ether oxygens (including phenoxy) is 1. The van der Waals surface area contributed by atoms with Crippen molar-refractivity contribution < 1.29 is 17.6 Å². The number of aromatic nitrogens is 1. The second-order valence-electron chi connectivity index (χ2n) is 5.73. The molecule has 3 rings (SSSR count). The van der Waals surface area contributed by atoms with Crippen LogP contribution in [0.5, 0.6) is 5.75 Å². The maximum absolute atomic E-state index is 12.2. The summed E-state index contributed by atoms with van der Waals surface area (Å²) in [6.07, 6.45) is 0. The maximum atomic E-state index is 12.2. The SMILES string of the molecule is CCOc1ccccc1CSc1nc2cc(S(=O)(=O)N(C)C)ccc2o1. The van der Waals surface area contributed by atoms with Crippen LogP contribution in [0.15, 0.2) is 57.0 Å². The van der Waals surface area contributed by atoms with Crippen LogP contribution in [0.4, 0.5) is 0 Å². The first-order valence-corrected chi connectivity index (χ1v) is 10.5. The second kappa shape index (κ2) is 7.69. The smallest absolute Gasteiger partial charge is 0.257 e. The molecule has 26 heavy (non-hydrogen) atoms. The van der Waals surface area contributed by atoms with Crippen molar-refractivity contribution in [2.24, 2.45) is 0 Å². The number of rotatable bonds is 7. The standard InChI is InChI=1S/C18H20N2O4S2/c1-4-23-16-8-6-5-7-13(16)12-25-18-19-15-11-14(9-10-17(15)24-18)26(21,22)20(2)3/h5-11H,4,12H2,1-3H3. The largest absolute Gasteiger partial charge is 0.494 e. The number of hydrogen-bond acceptors (Lipinski definition) is 6. The molecule has 0 N–H and O–H groups in total. The lowest BCUT2D eigenvalue weighted by Crippen LogP contribution is -2.22. The van der Waals surface area contributed by atoms with Crippen molar-refractivity contribution >= 4 is 32.9 Å². The minimum absolute atomic E-state index is 0.196. The van der Waals surface area contributed by atoms with Crippen LogP contribution in [-0.2, 0) is 15.8 Å². The Bertz CT molecular complexity index is 1010. The van der Waals surface area contributed by atoms with E-state index in [1.54, 1.807) is 6.07 Å². The molecule has 0 fully saturated rings. The predicted octanol–water partition coefficient (Wildman–Crippen LogP) is 3.77. The molecule has 8 heteroatoms. The molecule has 0 spiro atoms. The van der Waals surface area contributed by atoms with Crippen LogP contribution < -0.4 is 4.74 Å². The van der Waals surface area contributed by atoms with Crippen molar-refractivity contribution in [3.05, 3.63) is 48.0 Å². The third-order valence-electron chi connectivity index (χ3n) is 3.74. The predicted molar refractivity (Wildman–Crippen MR) is 102 cm³/mol. The van der Waals surface area contributed by atoms with Crippen molar-refractivity contribution in [1.82, 2.24) is 9.29 Å². The highest BCUT2D eigenvalue weighted by Crippen LogP contribution is 2.30. The average Bonchev–Trinajstić information content (AvgIpc) is 3.03. The third-order valence-corrected chi connectivity index (χ3v) is 6.43. The van der Waals surface area contributed by atoms with E-state index >= 15 is 0 Å². The molecule has 138 valence electrons. The van der Waals surface area contributed by atoms with Gasteiger partial charge < -0.3 is 9.15 Å². The van der Waals surface area contributed by atoms with Gasteiger partial charge in [0.25, 0.3) is 5.22 Å². The van der Waals surface area contributed by atoms with E-state index < -0.39 is 10.0 Å². The van der Waals surface area contributed by atoms with Crippen molar-refractivity contribution in [2.75, 3.05) is 20.7 Å². The van der Waals surface area contributed by atoms with Gasteiger partial charge in [-0.05, 0) is 31.2 Å². The fourth-order valence-electron chi connectivity index (χ4n) is 2.38. The summed E-state index contributed by atoms with van der Waals surface area (Å²) in [5.41, 5.74) is 2.13. The number of hydrogen-bond donors (Lipinski definition) is 0. The molecule has 0 bridgehead atoms. The Morgan fingerprint density at radius 3 is 2.69 bits per heavy atom. The van der Waals surface area contributed by atoms with Gasteiger partial charge in [-0.3, -0.25) is 0 Å². The fourth-order valence-corrected chi connectivity index (χ4v) is 4.13. The average molecular weight is 393 g/mol. The number of sulfonamides is 1. The lowest BCUT2D eigenvalue weighted by Gasteiger charge is -2.10. The normalized spacial score (nSPS) is 12.0. The molecule has 0 saturated carbocycles. The summed E-state index contributed by atoms with van der Waals surface area (Å²) in [4.78, 5) is 4.61. The molecule has 3 aromatic rings. The first-order chi connectivity index (χ1) is 12.4. The fraction of sp³-hybridized carbons (Fsp3) is 0.278.